The number of carbonyl (C=O) groups is 1. The molecule has 4 atom stereocenters. The lowest BCUT2D eigenvalue weighted by Gasteiger charge is -2.16. The van der Waals surface area contributed by atoms with Crippen molar-refractivity contribution in [3.05, 3.63) is 0 Å². The van der Waals surface area contributed by atoms with Crippen LogP contribution in [0.3, 0.4) is 0 Å². The summed E-state index contributed by atoms with van der Waals surface area (Å²) in [6, 6.07) is 0. The van der Waals surface area contributed by atoms with Crippen molar-refractivity contribution in [1.29, 1.82) is 0 Å². The number of hydrogen-bond acceptors (Lipinski definition) is 5. The number of ether oxygens (including phenoxy) is 1. The highest BCUT2D eigenvalue weighted by molar-refractivity contribution is 5.71. The number of cyclic esters (lactones) is 1. The Labute approximate surface area is 170 Å². The lowest BCUT2D eigenvalue weighted by Crippen LogP contribution is -2.25. The van der Waals surface area contributed by atoms with Crippen LogP contribution in [0.25, 0.3) is 0 Å². The molecule has 1 fully saturated rings. The third kappa shape index (κ3) is 11.7. The molecular weight excluding hydrogens is 356 g/mol. The molecule has 1 rings (SSSR count). The average Bonchev–Trinajstić information content (AvgIpc) is 3.12. The Kier molecular flexibility index (Phi) is 14.1. The van der Waals surface area contributed by atoms with E-state index in [1.54, 1.807) is 0 Å². The monoisotopic (exact) mass is 396 g/mol. The number of aliphatic hydroxyl groups excluding tert-OH is 3. The summed E-state index contributed by atoms with van der Waals surface area (Å²) < 4.78 is 5.03. The fourth-order valence-corrected chi connectivity index (χ4v) is 3.49. The van der Waals surface area contributed by atoms with E-state index in [1.165, 1.54) is 38.5 Å². The third-order valence-electron chi connectivity index (χ3n) is 5.40. The van der Waals surface area contributed by atoms with Gasteiger partial charge in [0.2, 0.25) is 0 Å². The minimum atomic E-state index is -0.720. The van der Waals surface area contributed by atoms with Crippen LogP contribution in [0.1, 0.15) is 103 Å². The lowest BCUT2D eigenvalue weighted by atomic mass is 10.0. The van der Waals surface area contributed by atoms with Gasteiger partial charge in [-0.3, -0.25) is 4.79 Å². The van der Waals surface area contributed by atoms with Crippen molar-refractivity contribution in [3.8, 4) is 11.8 Å². The van der Waals surface area contributed by atoms with Gasteiger partial charge >= 0.3 is 5.97 Å². The number of carbonyl (C=O) groups excluding carboxylic acids is 1. The standard InChI is InChI=1S/C23H40O5/c1-2-3-4-5-6-7-8-11-14-19(24)20(25)15-12-9-10-13-16-21(26)22-17-18-23(27)28-22/h19-22,24-26H,2-8,11-18H2,1H3/t19-,20-,21+,22+/m0/s1. The second kappa shape index (κ2) is 15.8. The van der Waals surface area contributed by atoms with Gasteiger partial charge in [0.1, 0.15) is 6.10 Å². The molecule has 0 aromatic carbocycles. The molecule has 0 aromatic heterocycles. The summed E-state index contributed by atoms with van der Waals surface area (Å²) in [6.07, 6.45) is 11.0. The van der Waals surface area contributed by atoms with Gasteiger partial charge in [-0.05, 0) is 25.7 Å². The number of unbranched alkanes of at least 4 members (excludes halogenated alkanes) is 7. The summed E-state index contributed by atoms with van der Waals surface area (Å²) in [6.45, 7) is 2.22. The van der Waals surface area contributed by atoms with Crippen LogP contribution in [-0.4, -0.2) is 45.7 Å². The molecule has 162 valence electrons. The summed E-state index contributed by atoms with van der Waals surface area (Å²) in [5.74, 6) is 5.73. The molecule has 0 aliphatic carbocycles. The average molecular weight is 397 g/mol. The molecule has 1 saturated heterocycles. The highest BCUT2D eigenvalue weighted by Gasteiger charge is 2.29. The topological polar surface area (TPSA) is 87.0 Å². The predicted octanol–water partition coefficient (Wildman–Crippen LogP) is 3.87. The first kappa shape index (κ1) is 24.9. The van der Waals surface area contributed by atoms with Crippen LogP contribution in [0.15, 0.2) is 0 Å². The molecule has 0 unspecified atom stereocenters. The van der Waals surface area contributed by atoms with E-state index in [2.05, 4.69) is 18.8 Å². The van der Waals surface area contributed by atoms with E-state index in [-0.39, 0.29) is 12.1 Å². The van der Waals surface area contributed by atoms with E-state index >= 15 is 0 Å². The van der Waals surface area contributed by atoms with Gasteiger partial charge in [-0.15, -0.1) is 11.8 Å². The molecule has 1 aliphatic rings. The molecule has 1 heterocycles. The van der Waals surface area contributed by atoms with E-state index in [1.807, 2.05) is 0 Å². The Hall–Kier alpha value is -1.09. The minimum Gasteiger partial charge on any atom is -0.460 e. The van der Waals surface area contributed by atoms with Crippen molar-refractivity contribution in [2.75, 3.05) is 0 Å². The molecule has 28 heavy (non-hydrogen) atoms. The number of esters is 1. The zero-order valence-corrected chi connectivity index (χ0v) is 17.6. The van der Waals surface area contributed by atoms with Crippen LogP contribution in [0.2, 0.25) is 0 Å². The van der Waals surface area contributed by atoms with Crippen molar-refractivity contribution >= 4 is 5.97 Å². The predicted molar refractivity (Wildman–Crippen MR) is 111 cm³/mol. The van der Waals surface area contributed by atoms with Crippen LogP contribution in [0.4, 0.5) is 0 Å². The Morgan fingerprint density at radius 3 is 2.07 bits per heavy atom. The molecule has 1 aliphatic heterocycles. The summed E-state index contributed by atoms with van der Waals surface area (Å²) in [4.78, 5) is 11.0. The lowest BCUT2D eigenvalue weighted by molar-refractivity contribution is -0.145. The van der Waals surface area contributed by atoms with Gasteiger partial charge in [0, 0.05) is 19.3 Å². The minimum absolute atomic E-state index is 0.241. The van der Waals surface area contributed by atoms with Crippen molar-refractivity contribution < 1.29 is 24.9 Å². The smallest absolute Gasteiger partial charge is 0.306 e. The van der Waals surface area contributed by atoms with Crippen LogP contribution < -0.4 is 0 Å². The molecular formula is C23H40O5. The summed E-state index contributed by atoms with van der Waals surface area (Å²) in [7, 11) is 0. The molecule has 0 amide bonds. The Morgan fingerprint density at radius 2 is 1.46 bits per heavy atom. The van der Waals surface area contributed by atoms with Gasteiger partial charge in [0.05, 0.1) is 18.3 Å². The van der Waals surface area contributed by atoms with Gasteiger partial charge in [0.25, 0.3) is 0 Å². The first-order valence-corrected chi connectivity index (χ1v) is 11.2. The van der Waals surface area contributed by atoms with Crippen LogP contribution in [0.5, 0.6) is 0 Å². The van der Waals surface area contributed by atoms with Crippen LogP contribution in [0, 0.1) is 11.8 Å². The van der Waals surface area contributed by atoms with Crippen molar-refractivity contribution in [1.82, 2.24) is 0 Å². The van der Waals surface area contributed by atoms with Crippen LogP contribution in [-0.2, 0) is 9.53 Å². The van der Waals surface area contributed by atoms with Gasteiger partial charge in [0.15, 0.2) is 0 Å². The van der Waals surface area contributed by atoms with Crippen molar-refractivity contribution in [2.45, 2.75) is 128 Å². The molecule has 5 nitrogen and oxygen atoms in total. The van der Waals surface area contributed by atoms with E-state index < -0.39 is 18.3 Å². The maximum absolute atomic E-state index is 11.0. The first-order valence-electron chi connectivity index (χ1n) is 11.2. The normalized spacial score (nSPS) is 19.6. The van der Waals surface area contributed by atoms with Crippen molar-refractivity contribution in [3.63, 3.8) is 0 Å². The Balaban J connectivity index is 1.99. The third-order valence-corrected chi connectivity index (χ3v) is 5.40. The SMILES string of the molecule is CCCCCCCCCC[C@H](O)[C@@H](O)CCC#CCC[C@@H](O)[C@H]1CCC(=O)O1. The maximum atomic E-state index is 11.0. The highest BCUT2D eigenvalue weighted by atomic mass is 16.6. The molecule has 3 N–H and O–H groups in total. The van der Waals surface area contributed by atoms with Gasteiger partial charge in [-0.2, -0.15) is 0 Å². The summed E-state index contributed by atoms with van der Waals surface area (Å²) in [5.41, 5.74) is 0. The fourth-order valence-electron chi connectivity index (χ4n) is 3.49. The highest BCUT2D eigenvalue weighted by Crippen LogP contribution is 2.19. The fraction of sp³-hybridized carbons (Fsp3) is 0.870. The molecule has 0 aromatic rings. The molecule has 0 saturated carbocycles. The molecule has 0 bridgehead atoms. The second-order valence-electron chi connectivity index (χ2n) is 7.96. The van der Waals surface area contributed by atoms with E-state index in [4.69, 9.17) is 4.74 Å². The van der Waals surface area contributed by atoms with Crippen LogP contribution >= 0.6 is 0 Å². The molecule has 5 heteroatoms. The zero-order chi connectivity index (χ0) is 20.6. The number of rotatable bonds is 15. The van der Waals surface area contributed by atoms with E-state index in [0.717, 1.165) is 12.8 Å². The Morgan fingerprint density at radius 1 is 0.893 bits per heavy atom. The first-order chi connectivity index (χ1) is 13.5. The van der Waals surface area contributed by atoms with Crippen molar-refractivity contribution in [2.24, 2.45) is 0 Å². The van der Waals surface area contributed by atoms with Gasteiger partial charge in [-0.25, -0.2) is 0 Å². The molecule has 0 radical (unpaired) electrons. The van der Waals surface area contributed by atoms with E-state index in [9.17, 15) is 20.1 Å². The zero-order valence-electron chi connectivity index (χ0n) is 17.6. The quantitative estimate of drug-likeness (QED) is 0.222. The van der Waals surface area contributed by atoms with E-state index in [0.29, 0.717) is 44.9 Å². The number of aliphatic hydroxyl groups is 3. The summed E-state index contributed by atoms with van der Waals surface area (Å²) >= 11 is 0. The maximum Gasteiger partial charge on any atom is 0.306 e. The Bertz CT molecular complexity index is 467. The van der Waals surface area contributed by atoms with Gasteiger partial charge in [-0.1, -0.05) is 58.3 Å². The largest absolute Gasteiger partial charge is 0.460 e. The summed E-state index contributed by atoms with van der Waals surface area (Å²) in [5, 5.41) is 30.0. The molecule has 0 spiro atoms. The number of hydrogen-bond donors (Lipinski definition) is 3. The second-order valence-corrected chi connectivity index (χ2v) is 7.96. The van der Waals surface area contributed by atoms with Gasteiger partial charge < -0.3 is 20.1 Å².